The molecule has 3 aromatic rings. The van der Waals surface area contributed by atoms with Gasteiger partial charge in [-0.2, -0.15) is 0 Å². The predicted octanol–water partition coefficient (Wildman–Crippen LogP) is 2.74. The Bertz CT molecular complexity index is 938. The first kappa shape index (κ1) is 17.8. The van der Waals surface area contributed by atoms with E-state index in [1.165, 1.54) is 4.57 Å². The van der Waals surface area contributed by atoms with Crippen LogP contribution in [0.1, 0.15) is 19.4 Å². The van der Waals surface area contributed by atoms with Gasteiger partial charge < -0.3 is 14.5 Å². The lowest BCUT2D eigenvalue weighted by Crippen LogP contribution is -2.32. The third-order valence-electron chi connectivity index (χ3n) is 3.91. The molecule has 0 aliphatic rings. The molecule has 1 aromatic heterocycles. The molecule has 2 aromatic carbocycles. The third kappa shape index (κ3) is 4.33. The largest absolute Gasteiger partial charge is 0.491 e. The topological polar surface area (TPSA) is 73.5 Å². The van der Waals surface area contributed by atoms with Gasteiger partial charge in [-0.3, -0.25) is 9.36 Å². The smallest absolute Gasteiger partial charge is 0.420 e. The molecule has 0 atom stereocenters. The van der Waals surface area contributed by atoms with E-state index in [1.54, 1.807) is 24.3 Å². The van der Waals surface area contributed by atoms with Gasteiger partial charge in [0.25, 0.3) is 0 Å². The molecule has 3 rings (SSSR count). The molecule has 0 aliphatic carbocycles. The van der Waals surface area contributed by atoms with Gasteiger partial charge in [-0.15, -0.1) is 0 Å². The summed E-state index contributed by atoms with van der Waals surface area (Å²) < 4.78 is 12.1. The van der Waals surface area contributed by atoms with E-state index in [0.717, 1.165) is 11.3 Å². The number of amides is 1. The number of aromatic nitrogens is 1. The molecule has 0 radical (unpaired) electrons. The van der Waals surface area contributed by atoms with Gasteiger partial charge in [-0.1, -0.05) is 24.3 Å². The molecular weight excluding hydrogens is 332 g/mol. The molecule has 0 aliphatic heterocycles. The van der Waals surface area contributed by atoms with E-state index in [1.807, 2.05) is 38.1 Å². The van der Waals surface area contributed by atoms with Crippen LogP contribution >= 0.6 is 0 Å². The summed E-state index contributed by atoms with van der Waals surface area (Å²) in [5.41, 5.74) is 2.20. The molecule has 26 heavy (non-hydrogen) atoms. The van der Waals surface area contributed by atoms with Crippen molar-refractivity contribution in [1.82, 2.24) is 9.88 Å². The summed E-state index contributed by atoms with van der Waals surface area (Å²) >= 11 is 0. The predicted molar refractivity (Wildman–Crippen MR) is 99.4 cm³/mol. The van der Waals surface area contributed by atoms with Crippen LogP contribution in [-0.4, -0.2) is 23.1 Å². The molecule has 0 saturated carbocycles. The van der Waals surface area contributed by atoms with Gasteiger partial charge in [0, 0.05) is 6.54 Å². The van der Waals surface area contributed by atoms with Gasteiger partial charge in [0.1, 0.15) is 12.3 Å². The maximum Gasteiger partial charge on any atom is 0.420 e. The number of oxazole rings is 1. The molecule has 6 heteroatoms. The fourth-order valence-corrected chi connectivity index (χ4v) is 2.72. The summed E-state index contributed by atoms with van der Waals surface area (Å²) in [5.74, 6) is 0.0829. The number of carbonyl (C=O) groups is 1. The Morgan fingerprint density at radius 2 is 1.88 bits per heavy atom. The second-order valence-corrected chi connectivity index (χ2v) is 6.33. The number of benzene rings is 2. The zero-order valence-corrected chi connectivity index (χ0v) is 14.9. The standard InChI is InChI=1S/C20H22N2O4/c1-14(2)25-16-9-7-15(8-10-16)11-12-21-19(23)13-22-17-5-3-4-6-18(17)26-20(22)24/h3-10,14H,11-13H2,1-2H3,(H,21,23). The van der Waals surface area contributed by atoms with Crippen LogP contribution in [0.25, 0.3) is 11.1 Å². The second kappa shape index (κ2) is 7.91. The second-order valence-electron chi connectivity index (χ2n) is 6.33. The highest BCUT2D eigenvalue weighted by atomic mass is 16.5. The first-order valence-corrected chi connectivity index (χ1v) is 8.63. The quantitative estimate of drug-likeness (QED) is 0.708. The Morgan fingerprint density at radius 1 is 1.15 bits per heavy atom. The lowest BCUT2D eigenvalue weighted by molar-refractivity contribution is -0.121. The van der Waals surface area contributed by atoms with Crippen molar-refractivity contribution in [2.24, 2.45) is 0 Å². The van der Waals surface area contributed by atoms with Gasteiger partial charge in [0.2, 0.25) is 5.91 Å². The highest BCUT2D eigenvalue weighted by Crippen LogP contribution is 2.14. The van der Waals surface area contributed by atoms with Gasteiger partial charge in [-0.25, -0.2) is 4.79 Å². The number of fused-ring (bicyclic) bond motifs is 1. The fraction of sp³-hybridized carbons (Fsp3) is 0.300. The maximum absolute atomic E-state index is 12.1. The first-order valence-electron chi connectivity index (χ1n) is 8.63. The van der Waals surface area contributed by atoms with Crippen LogP contribution in [-0.2, 0) is 17.8 Å². The normalized spacial score (nSPS) is 11.0. The van der Waals surface area contributed by atoms with Crippen LogP contribution < -0.4 is 15.8 Å². The number of carbonyl (C=O) groups excluding carboxylic acids is 1. The average Bonchev–Trinajstić information content (AvgIpc) is 2.92. The Balaban J connectivity index is 1.53. The zero-order chi connectivity index (χ0) is 18.5. The van der Waals surface area contributed by atoms with E-state index in [-0.39, 0.29) is 18.6 Å². The number of hydrogen-bond donors (Lipinski definition) is 1. The minimum absolute atomic E-state index is 0.0585. The SMILES string of the molecule is CC(C)Oc1ccc(CCNC(=O)Cn2c(=O)oc3ccccc32)cc1. The average molecular weight is 354 g/mol. The Hall–Kier alpha value is -3.02. The van der Waals surface area contributed by atoms with Crippen molar-refractivity contribution in [3.8, 4) is 5.75 Å². The van der Waals surface area contributed by atoms with E-state index in [4.69, 9.17) is 9.15 Å². The van der Waals surface area contributed by atoms with Crippen molar-refractivity contribution in [2.75, 3.05) is 6.54 Å². The summed E-state index contributed by atoms with van der Waals surface area (Å²) in [6.45, 7) is 4.40. The Morgan fingerprint density at radius 3 is 2.62 bits per heavy atom. The number of para-hydroxylation sites is 2. The molecule has 1 amide bonds. The lowest BCUT2D eigenvalue weighted by atomic mass is 10.1. The molecule has 0 bridgehead atoms. The van der Waals surface area contributed by atoms with Crippen molar-refractivity contribution >= 4 is 17.0 Å². The molecular formula is C20H22N2O4. The third-order valence-corrected chi connectivity index (χ3v) is 3.91. The van der Waals surface area contributed by atoms with Crippen LogP contribution in [0.3, 0.4) is 0 Å². The number of rotatable bonds is 7. The van der Waals surface area contributed by atoms with Crippen molar-refractivity contribution < 1.29 is 13.9 Å². The summed E-state index contributed by atoms with van der Waals surface area (Å²) in [4.78, 5) is 24.0. The van der Waals surface area contributed by atoms with Crippen LogP contribution in [0.15, 0.2) is 57.7 Å². The summed E-state index contributed by atoms with van der Waals surface area (Å²) in [6.07, 6.45) is 0.844. The van der Waals surface area contributed by atoms with Crippen LogP contribution in [0.4, 0.5) is 0 Å². The number of ether oxygens (including phenoxy) is 1. The molecule has 6 nitrogen and oxygen atoms in total. The molecule has 136 valence electrons. The fourth-order valence-electron chi connectivity index (χ4n) is 2.72. The van der Waals surface area contributed by atoms with Crippen molar-refractivity contribution in [1.29, 1.82) is 0 Å². The monoisotopic (exact) mass is 354 g/mol. The molecule has 0 saturated heterocycles. The summed E-state index contributed by atoms with van der Waals surface area (Å²) in [5, 5.41) is 2.84. The molecule has 0 spiro atoms. The Kier molecular flexibility index (Phi) is 5.41. The van der Waals surface area contributed by atoms with Gasteiger partial charge in [0.15, 0.2) is 5.58 Å². The highest BCUT2D eigenvalue weighted by molar-refractivity contribution is 5.79. The molecule has 0 fully saturated rings. The zero-order valence-electron chi connectivity index (χ0n) is 14.9. The van der Waals surface area contributed by atoms with E-state index < -0.39 is 5.76 Å². The number of hydrogen-bond acceptors (Lipinski definition) is 4. The van der Waals surface area contributed by atoms with E-state index in [2.05, 4.69) is 5.32 Å². The van der Waals surface area contributed by atoms with Crippen molar-refractivity contribution in [3.63, 3.8) is 0 Å². The molecule has 1 N–H and O–H groups in total. The van der Waals surface area contributed by atoms with Crippen LogP contribution in [0, 0.1) is 0 Å². The van der Waals surface area contributed by atoms with Gasteiger partial charge >= 0.3 is 5.76 Å². The minimum atomic E-state index is -0.526. The van der Waals surface area contributed by atoms with Crippen LogP contribution in [0.2, 0.25) is 0 Å². The van der Waals surface area contributed by atoms with Crippen LogP contribution in [0.5, 0.6) is 5.75 Å². The minimum Gasteiger partial charge on any atom is -0.491 e. The highest BCUT2D eigenvalue weighted by Gasteiger charge is 2.11. The van der Waals surface area contributed by atoms with Gasteiger partial charge in [-0.05, 0) is 50.1 Å². The summed E-state index contributed by atoms with van der Waals surface area (Å²) in [7, 11) is 0. The van der Waals surface area contributed by atoms with E-state index >= 15 is 0 Å². The lowest BCUT2D eigenvalue weighted by Gasteiger charge is -2.10. The molecule has 1 heterocycles. The molecule has 0 unspecified atom stereocenters. The van der Waals surface area contributed by atoms with Gasteiger partial charge in [0.05, 0.1) is 11.6 Å². The first-order chi connectivity index (χ1) is 12.5. The Labute approximate surface area is 151 Å². The van der Waals surface area contributed by atoms with Crippen molar-refractivity contribution in [3.05, 3.63) is 64.6 Å². The number of nitrogens with zero attached hydrogens (tertiary/aromatic N) is 1. The van der Waals surface area contributed by atoms with E-state index in [9.17, 15) is 9.59 Å². The summed E-state index contributed by atoms with van der Waals surface area (Å²) in [6, 6.07) is 14.9. The maximum atomic E-state index is 12.1. The van der Waals surface area contributed by atoms with E-state index in [0.29, 0.717) is 24.1 Å². The number of nitrogens with one attached hydrogen (secondary N) is 1. The van der Waals surface area contributed by atoms with Crippen molar-refractivity contribution in [2.45, 2.75) is 32.9 Å².